The molecule has 0 amide bonds. The number of benzene rings is 2. The van der Waals surface area contributed by atoms with Crippen molar-refractivity contribution in [3.63, 3.8) is 0 Å². The van der Waals surface area contributed by atoms with Gasteiger partial charge in [0, 0.05) is 12.2 Å². The topological polar surface area (TPSA) is 39.9 Å². The van der Waals surface area contributed by atoms with E-state index >= 15 is 0 Å². The van der Waals surface area contributed by atoms with E-state index in [-0.39, 0.29) is 0 Å². The van der Waals surface area contributed by atoms with Crippen LogP contribution in [0, 0.1) is 0 Å². The Morgan fingerprint density at radius 3 is 2.43 bits per heavy atom. The van der Waals surface area contributed by atoms with Crippen molar-refractivity contribution in [3.8, 4) is 0 Å². The quantitative estimate of drug-likeness (QED) is 0.717. The second kappa shape index (κ2) is 5.66. The zero-order valence-corrected chi connectivity index (χ0v) is 12.4. The van der Waals surface area contributed by atoms with E-state index in [1.54, 1.807) is 0 Å². The maximum atomic E-state index is 6.18. The van der Waals surface area contributed by atoms with Gasteiger partial charge in [0.2, 0.25) is 0 Å². The van der Waals surface area contributed by atoms with E-state index in [2.05, 4.69) is 29.4 Å². The molecule has 0 saturated heterocycles. The number of nitrogens with zero attached hydrogens (tertiary/aromatic N) is 3. The highest BCUT2D eigenvalue weighted by Gasteiger charge is 2.35. The molecule has 1 aromatic heterocycles. The van der Waals surface area contributed by atoms with Gasteiger partial charge in [-0.3, -0.25) is 0 Å². The molecular weight excluding hydrogens is 262 g/mol. The van der Waals surface area contributed by atoms with Crippen LogP contribution in [-0.4, -0.2) is 21.6 Å². The zero-order chi connectivity index (χ0) is 14.7. The molecule has 0 N–H and O–H groups in total. The molecule has 0 aliphatic heterocycles. The Hall–Kier alpha value is -2.20. The highest BCUT2D eigenvalue weighted by molar-refractivity contribution is 5.74. The van der Waals surface area contributed by atoms with Gasteiger partial charge in [-0.05, 0) is 25.5 Å². The molecule has 3 aromatic rings. The van der Waals surface area contributed by atoms with E-state index in [0.29, 0.717) is 6.61 Å². The molecule has 0 aliphatic carbocycles. The predicted octanol–water partition coefficient (Wildman–Crippen LogP) is 3.58. The molecule has 4 heteroatoms. The van der Waals surface area contributed by atoms with Crippen molar-refractivity contribution < 1.29 is 4.74 Å². The van der Waals surface area contributed by atoms with E-state index in [0.717, 1.165) is 23.0 Å². The van der Waals surface area contributed by atoms with Gasteiger partial charge in [-0.1, -0.05) is 54.6 Å². The van der Waals surface area contributed by atoms with E-state index < -0.39 is 5.72 Å². The molecule has 3 rings (SSSR count). The third kappa shape index (κ3) is 2.21. The molecule has 1 atom stereocenters. The Morgan fingerprint density at radius 2 is 1.71 bits per heavy atom. The van der Waals surface area contributed by atoms with Crippen LogP contribution >= 0.6 is 0 Å². The van der Waals surface area contributed by atoms with Gasteiger partial charge in [-0.15, -0.1) is 5.10 Å². The molecule has 0 spiro atoms. The van der Waals surface area contributed by atoms with Gasteiger partial charge in [-0.2, -0.15) is 0 Å². The SMILES string of the molecule is CCOC(CC)(c1ccccc1)n1nnc2ccccc21. The van der Waals surface area contributed by atoms with Gasteiger partial charge in [0.15, 0.2) is 5.72 Å². The number of hydrogen-bond donors (Lipinski definition) is 0. The van der Waals surface area contributed by atoms with Crippen LogP contribution in [0.25, 0.3) is 11.0 Å². The lowest BCUT2D eigenvalue weighted by Crippen LogP contribution is -2.38. The highest BCUT2D eigenvalue weighted by atomic mass is 16.5. The van der Waals surface area contributed by atoms with Gasteiger partial charge < -0.3 is 4.74 Å². The Morgan fingerprint density at radius 1 is 1.00 bits per heavy atom. The molecule has 0 aliphatic rings. The van der Waals surface area contributed by atoms with Crippen molar-refractivity contribution >= 4 is 11.0 Å². The van der Waals surface area contributed by atoms with Crippen molar-refractivity contribution in [3.05, 3.63) is 60.2 Å². The van der Waals surface area contributed by atoms with Crippen LogP contribution in [0.2, 0.25) is 0 Å². The van der Waals surface area contributed by atoms with E-state index in [9.17, 15) is 0 Å². The molecule has 1 unspecified atom stereocenters. The first-order valence-corrected chi connectivity index (χ1v) is 7.32. The van der Waals surface area contributed by atoms with E-state index in [4.69, 9.17) is 4.74 Å². The lowest BCUT2D eigenvalue weighted by Gasteiger charge is -2.33. The summed E-state index contributed by atoms with van der Waals surface area (Å²) in [5.74, 6) is 0. The first kappa shape index (κ1) is 13.8. The molecule has 108 valence electrons. The summed E-state index contributed by atoms with van der Waals surface area (Å²) in [7, 11) is 0. The number of fused-ring (bicyclic) bond motifs is 1. The number of para-hydroxylation sites is 1. The Kier molecular flexibility index (Phi) is 3.71. The number of ether oxygens (including phenoxy) is 1. The summed E-state index contributed by atoms with van der Waals surface area (Å²) >= 11 is 0. The Labute approximate surface area is 124 Å². The molecule has 21 heavy (non-hydrogen) atoms. The van der Waals surface area contributed by atoms with Crippen LogP contribution in [0.1, 0.15) is 25.8 Å². The standard InChI is InChI=1S/C17H19N3O/c1-3-17(21-4-2,14-10-6-5-7-11-14)20-16-13-9-8-12-15(16)18-19-20/h5-13H,3-4H2,1-2H3. The summed E-state index contributed by atoms with van der Waals surface area (Å²) in [5.41, 5.74) is 2.33. The fourth-order valence-electron chi connectivity index (χ4n) is 2.80. The van der Waals surface area contributed by atoms with E-state index in [1.165, 1.54) is 0 Å². The van der Waals surface area contributed by atoms with Gasteiger partial charge in [0.25, 0.3) is 0 Å². The summed E-state index contributed by atoms with van der Waals surface area (Å²) in [5, 5.41) is 8.65. The van der Waals surface area contributed by atoms with Crippen molar-refractivity contribution in [2.24, 2.45) is 0 Å². The summed E-state index contributed by atoms with van der Waals surface area (Å²) in [4.78, 5) is 0. The van der Waals surface area contributed by atoms with Gasteiger partial charge in [0.1, 0.15) is 5.52 Å². The maximum absolute atomic E-state index is 6.18. The second-order valence-electron chi connectivity index (χ2n) is 4.93. The summed E-state index contributed by atoms with van der Waals surface area (Å²) in [6.45, 7) is 4.72. The van der Waals surface area contributed by atoms with Crippen LogP contribution < -0.4 is 0 Å². The number of aromatic nitrogens is 3. The zero-order valence-electron chi connectivity index (χ0n) is 12.4. The Balaban J connectivity index is 2.24. The molecule has 0 radical (unpaired) electrons. The summed E-state index contributed by atoms with van der Waals surface area (Å²) in [6.07, 6.45) is 0.776. The minimum atomic E-state index is -0.619. The Bertz CT molecular complexity index is 723. The van der Waals surface area contributed by atoms with Crippen molar-refractivity contribution in [2.75, 3.05) is 6.61 Å². The van der Waals surface area contributed by atoms with Crippen LogP contribution in [-0.2, 0) is 10.5 Å². The molecule has 0 bridgehead atoms. The monoisotopic (exact) mass is 281 g/mol. The fourth-order valence-corrected chi connectivity index (χ4v) is 2.80. The number of hydrogen-bond acceptors (Lipinski definition) is 3. The van der Waals surface area contributed by atoms with Crippen LogP contribution in [0.4, 0.5) is 0 Å². The molecule has 2 aromatic carbocycles. The molecular formula is C17H19N3O. The third-order valence-corrected chi connectivity index (χ3v) is 3.78. The van der Waals surface area contributed by atoms with Crippen molar-refractivity contribution in [1.29, 1.82) is 0 Å². The molecule has 0 fully saturated rings. The van der Waals surface area contributed by atoms with Gasteiger partial charge in [-0.25, -0.2) is 4.68 Å². The predicted molar refractivity (Wildman–Crippen MR) is 83.0 cm³/mol. The first-order valence-electron chi connectivity index (χ1n) is 7.32. The fraction of sp³-hybridized carbons (Fsp3) is 0.294. The summed E-state index contributed by atoms with van der Waals surface area (Å²) in [6, 6.07) is 18.2. The lowest BCUT2D eigenvalue weighted by atomic mass is 9.99. The first-order chi connectivity index (χ1) is 10.3. The number of rotatable bonds is 5. The average Bonchev–Trinajstić information content (AvgIpc) is 2.98. The maximum Gasteiger partial charge on any atom is 0.188 e. The second-order valence-corrected chi connectivity index (χ2v) is 4.93. The largest absolute Gasteiger partial charge is 0.350 e. The van der Waals surface area contributed by atoms with E-state index in [1.807, 2.05) is 54.1 Å². The van der Waals surface area contributed by atoms with Crippen LogP contribution in [0.3, 0.4) is 0 Å². The van der Waals surface area contributed by atoms with Crippen LogP contribution in [0.15, 0.2) is 54.6 Å². The van der Waals surface area contributed by atoms with Gasteiger partial charge >= 0.3 is 0 Å². The van der Waals surface area contributed by atoms with Gasteiger partial charge in [0.05, 0.1) is 5.52 Å². The smallest absolute Gasteiger partial charge is 0.188 e. The summed E-state index contributed by atoms with van der Waals surface area (Å²) < 4.78 is 8.08. The highest BCUT2D eigenvalue weighted by Crippen LogP contribution is 2.33. The third-order valence-electron chi connectivity index (χ3n) is 3.78. The van der Waals surface area contributed by atoms with Crippen molar-refractivity contribution in [1.82, 2.24) is 15.0 Å². The molecule has 1 heterocycles. The normalized spacial score (nSPS) is 14.2. The molecule has 4 nitrogen and oxygen atoms in total. The minimum Gasteiger partial charge on any atom is -0.350 e. The lowest BCUT2D eigenvalue weighted by molar-refractivity contribution is -0.0778. The van der Waals surface area contributed by atoms with Crippen molar-refractivity contribution in [2.45, 2.75) is 26.0 Å². The molecule has 0 saturated carbocycles. The van der Waals surface area contributed by atoms with Crippen LogP contribution in [0.5, 0.6) is 0 Å². The minimum absolute atomic E-state index is 0.608. The average molecular weight is 281 g/mol.